The fraction of sp³-hybridized carbons (Fsp3) is 0.538. The highest BCUT2D eigenvalue weighted by Crippen LogP contribution is 2.06. The Morgan fingerprint density at radius 1 is 1.32 bits per heavy atom. The van der Waals surface area contributed by atoms with E-state index >= 15 is 0 Å². The Bertz CT molecular complexity index is 457. The Kier molecular flexibility index (Phi) is 4.97. The van der Waals surface area contributed by atoms with Gasteiger partial charge >= 0.3 is 0 Å². The Morgan fingerprint density at radius 3 is 2.84 bits per heavy atom. The average molecular weight is 262 g/mol. The second kappa shape index (κ2) is 6.94. The van der Waals surface area contributed by atoms with Gasteiger partial charge in [-0.05, 0) is 13.1 Å². The van der Waals surface area contributed by atoms with Gasteiger partial charge in [-0.2, -0.15) is 5.10 Å². The topological polar surface area (TPSA) is 61.8 Å². The lowest BCUT2D eigenvalue weighted by atomic mass is 10.4. The lowest BCUT2D eigenvalue weighted by Gasteiger charge is -2.17. The highest BCUT2D eigenvalue weighted by atomic mass is 15.3. The number of anilines is 1. The van der Waals surface area contributed by atoms with Gasteiger partial charge in [0, 0.05) is 18.9 Å². The van der Waals surface area contributed by atoms with E-state index in [9.17, 15) is 0 Å². The predicted molar refractivity (Wildman–Crippen MR) is 75.9 cm³/mol. The summed E-state index contributed by atoms with van der Waals surface area (Å²) < 4.78 is 1.98. The smallest absolute Gasteiger partial charge is 0.0922 e. The van der Waals surface area contributed by atoms with Gasteiger partial charge in [0.15, 0.2) is 0 Å². The summed E-state index contributed by atoms with van der Waals surface area (Å²) in [7, 11) is 0. The summed E-state index contributed by atoms with van der Waals surface area (Å²) in [4.78, 5) is 9.44. The second-order valence-corrected chi connectivity index (χ2v) is 4.45. The molecule has 0 spiro atoms. The predicted octanol–water partition coefficient (Wildman–Crippen LogP) is 1.56. The number of nitrogens with one attached hydrogen (secondary N) is 2. The molecule has 2 aromatic rings. The van der Waals surface area contributed by atoms with Gasteiger partial charge in [-0.3, -0.25) is 4.68 Å². The maximum atomic E-state index is 4.36. The molecule has 104 valence electrons. The van der Waals surface area contributed by atoms with Crippen molar-refractivity contribution in [1.29, 1.82) is 0 Å². The van der Waals surface area contributed by atoms with Crippen molar-refractivity contribution >= 4 is 5.69 Å². The van der Waals surface area contributed by atoms with E-state index in [4.69, 9.17) is 0 Å². The van der Waals surface area contributed by atoms with Gasteiger partial charge in [0.05, 0.1) is 37.0 Å². The molecular formula is C13H22N6. The molecule has 0 aliphatic heterocycles. The molecular weight excluding hydrogens is 240 g/mol. The molecule has 0 radical (unpaired) electrons. The maximum Gasteiger partial charge on any atom is 0.0922 e. The minimum Gasteiger partial charge on any atom is -0.377 e. The highest BCUT2D eigenvalue weighted by Gasteiger charge is 2.02. The van der Waals surface area contributed by atoms with Crippen LogP contribution in [0, 0.1) is 0 Å². The number of rotatable bonds is 8. The van der Waals surface area contributed by atoms with Gasteiger partial charge in [0.25, 0.3) is 0 Å². The van der Waals surface area contributed by atoms with Crippen LogP contribution in [-0.4, -0.2) is 44.3 Å². The Morgan fingerprint density at radius 2 is 2.16 bits per heavy atom. The molecule has 0 atom stereocenters. The summed E-state index contributed by atoms with van der Waals surface area (Å²) in [6.45, 7) is 9.24. The van der Waals surface area contributed by atoms with Gasteiger partial charge in [0.2, 0.25) is 0 Å². The molecule has 0 unspecified atom stereocenters. The van der Waals surface area contributed by atoms with Gasteiger partial charge in [-0.15, -0.1) is 0 Å². The van der Waals surface area contributed by atoms with Crippen LogP contribution >= 0.6 is 0 Å². The zero-order valence-corrected chi connectivity index (χ0v) is 11.6. The standard InChI is InChI=1S/C13H22N6/c1-3-18(4-2)5-6-19-10-13(9-17-19)15-8-12-7-14-11-16-12/h7,9-11,15H,3-6,8H2,1-2H3,(H,14,16). The van der Waals surface area contributed by atoms with Crippen molar-refractivity contribution in [3.05, 3.63) is 30.6 Å². The van der Waals surface area contributed by atoms with E-state index in [2.05, 4.69) is 39.1 Å². The van der Waals surface area contributed by atoms with Crippen LogP contribution in [0.1, 0.15) is 19.5 Å². The number of H-pyrrole nitrogens is 1. The minimum absolute atomic E-state index is 0.738. The normalized spacial score (nSPS) is 11.1. The van der Waals surface area contributed by atoms with Crippen LogP contribution in [0.2, 0.25) is 0 Å². The molecule has 0 aliphatic carbocycles. The lowest BCUT2D eigenvalue weighted by molar-refractivity contribution is 0.285. The molecule has 0 fully saturated rings. The van der Waals surface area contributed by atoms with Crippen LogP contribution in [0.4, 0.5) is 5.69 Å². The van der Waals surface area contributed by atoms with Crippen LogP contribution in [0.25, 0.3) is 0 Å². The quantitative estimate of drug-likeness (QED) is 0.758. The van der Waals surface area contributed by atoms with Gasteiger partial charge in [-0.1, -0.05) is 13.8 Å². The van der Waals surface area contributed by atoms with Crippen molar-refractivity contribution in [2.75, 3.05) is 25.0 Å². The molecule has 0 bridgehead atoms. The summed E-state index contributed by atoms with van der Waals surface area (Å²) >= 11 is 0. The molecule has 0 saturated heterocycles. The Labute approximate surface area is 113 Å². The molecule has 0 amide bonds. The summed E-state index contributed by atoms with van der Waals surface area (Å²) in [5.74, 6) is 0. The number of imidazole rings is 1. The van der Waals surface area contributed by atoms with Gasteiger partial charge < -0.3 is 15.2 Å². The SMILES string of the molecule is CCN(CC)CCn1cc(NCc2cnc[nH]2)cn1. The third kappa shape index (κ3) is 4.10. The van der Waals surface area contributed by atoms with Crippen LogP contribution in [-0.2, 0) is 13.1 Å². The molecule has 0 saturated carbocycles. The van der Waals surface area contributed by atoms with E-state index in [1.807, 2.05) is 23.3 Å². The average Bonchev–Trinajstić information content (AvgIpc) is 3.09. The van der Waals surface area contributed by atoms with Crippen molar-refractivity contribution in [3.63, 3.8) is 0 Å². The Balaban J connectivity index is 1.78. The van der Waals surface area contributed by atoms with E-state index in [1.165, 1.54) is 0 Å². The van der Waals surface area contributed by atoms with Crippen molar-refractivity contribution in [1.82, 2.24) is 24.6 Å². The molecule has 2 aromatic heterocycles. The van der Waals surface area contributed by atoms with E-state index in [-0.39, 0.29) is 0 Å². The van der Waals surface area contributed by atoms with Crippen molar-refractivity contribution in [3.8, 4) is 0 Å². The molecule has 6 heteroatoms. The van der Waals surface area contributed by atoms with E-state index in [1.54, 1.807) is 6.33 Å². The molecule has 19 heavy (non-hydrogen) atoms. The van der Waals surface area contributed by atoms with E-state index < -0.39 is 0 Å². The number of hydrogen-bond acceptors (Lipinski definition) is 4. The molecule has 2 N–H and O–H groups in total. The first-order valence-corrected chi connectivity index (χ1v) is 6.77. The zero-order chi connectivity index (χ0) is 13.5. The largest absolute Gasteiger partial charge is 0.377 e. The number of nitrogens with zero attached hydrogens (tertiary/aromatic N) is 4. The first kappa shape index (κ1) is 13.6. The number of hydrogen-bond donors (Lipinski definition) is 2. The van der Waals surface area contributed by atoms with Crippen molar-refractivity contribution in [2.24, 2.45) is 0 Å². The summed E-state index contributed by atoms with van der Waals surface area (Å²) in [5, 5.41) is 7.67. The third-order valence-corrected chi connectivity index (χ3v) is 3.21. The summed E-state index contributed by atoms with van der Waals surface area (Å²) in [6.07, 6.45) is 7.40. The van der Waals surface area contributed by atoms with E-state index in [0.29, 0.717) is 0 Å². The summed E-state index contributed by atoms with van der Waals surface area (Å²) in [5.41, 5.74) is 2.10. The number of aromatic nitrogens is 4. The van der Waals surface area contributed by atoms with Crippen molar-refractivity contribution < 1.29 is 0 Å². The van der Waals surface area contributed by atoms with Crippen molar-refractivity contribution in [2.45, 2.75) is 26.9 Å². The minimum atomic E-state index is 0.738. The second-order valence-electron chi connectivity index (χ2n) is 4.45. The Hall–Kier alpha value is -1.82. The molecule has 2 rings (SSSR count). The molecule has 6 nitrogen and oxygen atoms in total. The maximum absolute atomic E-state index is 4.36. The summed E-state index contributed by atoms with van der Waals surface area (Å²) in [6, 6.07) is 0. The van der Waals surface area contributed by atoms with Gasteiger partial charge in [0.1, 0.15) is 0 Å². The molecule has 0 aromatic carbocycles. The van der Waals surface area contributed by atoms with Crippen LogP contribution < -0.4 is 5.32 Å². The molecule has 0 aliphatic rings. The van der Waals surface area contributed by atoms with E-state index in [0.717, 1.165) is 44.1 Å². The van der Waals surface area contributed by atoms with Crippen LogP contribution in [0.15, 0.2) is 24.9 Å². The van der Waals surface area contributed by atoms with Crippen LogP contribution in [0.3, 0.4) is 0 Å². The van der Waals surface area contributed by atoms with Crippen LogP contribution in [0.5, 0.6) is 0 Å². The third-order valence-electron chi connectivity index (χ3n) is 3.21. The zero-order valence-electron chi connectivity index (χ0n) is 11.6. The van der Waals surface area contributed by atoms with Gasteiger partial charge in [-0.25, -0.2) is 4.98 Å². The fourth-order valence-corrected chi connectivity index (χ4v) is 1.94. The molecule has 2 heterocycles. The lowest BCUT2D eigenvalue weighted by Crippen LogP contribution is -2.27. The first-order chi connectivity index (χ1) is 9.31. The monoisotopic (exact) mass is 262 g/mol. The number of likely N-dealkylation sites (N-methyl/N-ethyl adjacent to an activating group) is 1. The fourth-order valence-electron chi connectivity index (χ4n) is 1.94. The number of aromatic amines is 1. The highest BCUT2D eigenvalue weighted by molar-refractivity contribution is 5.38. The first-order valence-electron chi connectivity index (χ1n) is 6.77.